The van der Waals surface area contributed by atoms with Crippen LogP contribution in [0.2, 0.25) is 5.02 Å². The van der Waals surface area contributed by atoms with Crippen LogP contribution in [0.3, 0.4) is 0 Å². The van der Waals surface area contributed by atoms with E-state index in [4.69, 9.17) is 16.0 Å². The Bertz CT molecular complexity index is 1050. The summed E-state index contributed by atoms with van der Waals surface area (Å²) in [6.07, 6.45) is 0. The van der Waals surface area contributed by atoms with Crippen LogP contribution in [0.4, 0.5) is 5.69 Å². The summed E-state index contributed by atoms with van der Waals surface area (Å²) in [6.45, 7) is 0. The number of anilines is 1. The molecule has 0 radical (unpaired) electrons. The van der Waals surface area contributed by atoms with Gasteiger partial charge in [0.05, 0.1) is 15.9 Å². The number of nitrogens with zero attached hydrogens (tertiary/aromatic N) is 1. The van der Waals surface area contributed by atoms with E-state index >= 15 is 0 Å². The summed E-state index contributed by atoms with van der Waals surface area (Å²) < 4.78 is 6.67. The van der Waals surface area contributed by atoms with Crippen LogP contribution in [-0.4, -0.2) is 16.0 Å². The second kappa shape index (κ2) is 6.23. The molecule has 0 saturated carbocycles. The SMILES string of the molecule is O=C(Nc1cc(Cl)ccc1O)c1ccc(-c2nc3ccccc3s2)o1. The number of nitrogens with one attached hydrogen (secondary N) is 1. The minimum atomic E-state index is -0.482. The number of para-hydroxylation sites is 1. The molecule has 0 fully saturated rings. The fraction of sp³-hybridized carbons (Fsp3) is 0. The third-order valence-electron chi connectivity index (χ3n) is 3.54. The standard InChI is InChI=1S/C18H11ClN2O3S/c19-10-5-6-13(22)12(9-10)20-17(23)14-7-8-15(24-14)18-21-11-3-1-2-4-16(11)25-18/h1-9,22H,(H,20,23). The number of hydrogen-bond acceptors (Lipinski definition) is 5. The first-order valence-corrected chi connectivity index (χ1v) is 8.55. The van der Waals surface area contributed by atoms with Crippen LogP contribution in [-0.2, 0) is 0 Å². The average Bonchev–Trinajstić information content (AvgIpc) is 3.24. The van der Waals surface area contributed by atoms with Crippen LogP contribution >= 0.6 is 22.9 Å². The maximum absolute atomic E-state index is 12.3. The van der Waals surface area contributed by atoms with Crippen LogP contribution in [0, 0.1) is 0 Å². The first kappa shape index (κ1) is 15.7. The molecule has 4 aromatic rings. The van der Waals surface area contributed by atoms with Gasteiger partial charge in [-0.2, -0.15) is 0 Å². The molecule has 0 unspecified atom stereocenters. The molecule has 2 N–H and O–H groups in total. The Kier molecular flexibility index (Phi) is 3.91. The van der Waals surface area contributed by atoms with Crippen molar-refractivity contribution in [3.63, 3.8) is 0 Å². The minimum absolute atomic E-state index is 0.0734. The molecule has 0 aliphatic carbocycles. The van der Waals surface area contributed by atoms with Gasteiger partial charge in [-0.3, -0.25) is 4.79 Å². The summed E-state index contributed by atoms with van der Waals surface area (Å²) in [7, 11) is 0. The molecule has 4 rings (SSSR count). The zero-order chi connectivity index (χ0) is 17.4. The largest absolute Gasteiger partial charge is 0.506 e. The Balaban J connectivity index is 1.60. The van der Waals surface area contributed by atoms with Crippen LogP contribution in [0.1, 0.15) is 10.6 Å². The van der Waals surface area contributed by atoms with Crippen LogP contribution in [0.25, 0.3) is 21.0 Å². The topological polar surface area (TPSA) is 75.4 Å². The van der Waals surface area contributed by atoms with Gasteiger partial charge in [0.25, 0.3) is 5.91 Å². The number of benzene rings is 2. The lowest BCUT2D eigenvalue weighted by molar-refractivity contribution is 0.0997. The first-order valence-electron chi connectivity index (χ1n) is 7.36. The Labute approximate surface area is 151 Å². The van der Waals surface area contributed by atoms with Gasteiger partial charge in [-0.25, -0.2) is 4.98 Å². The molecule has 0 aliphatic heterocycles. The molecular weight excluding hydrogens is 360 g/mol. The number of aromatic nitrogens is 1. The van der Waals surface area contributed by atoms with E-state index in [2.05, 4.69) is 10.3 Å². The number of thiazole rings is 1. The summed E-state index contributed by atoms with van der Waals surface area (Å²) >= 11 is 7.37. The number of hydrogen-bond donors (Lipinski definition) is 2. The normalized spacial score (nSPS) is 10.9. The number of halogens is 1. The predicted molar refractivity (Wildman–Crippen MR) is 98.4 cm³/mol. The maximum atomic E-state index is 12.3. The average molecular weight is 371 g/mol. The lowest BCUT2D eigenvalue weighted by Crippen LogP contribution is -2.10. The molecule has 2 aromatic heterocycles. The van der Waals surface area contributed by atoms with E-state index in [9.17, 15) is 9.90 Å². The number of phenols is 1. The van der Waals surface area contributed by atoms with Crippen molar-refractivity contribution >= 4 is 44.7 Å². The Morgan fingerprint density at radius 1 is 1.16 bits per heavy atom. The van der Waals surface area contributed by atoms with Gasteiger partial charge >= 0.3 is 0 Å². The monoisotopic (exact) mass is 370 g/mol. The lowest BCUT2D eigenvalue weighted by Gasteiger charge is -2.05. The molecule has 7 heteroatoms. The molecule has 2 heterocycles. The highest BCUT2D eigenvalue weighted by Crippen LogP contribution is 2.32. The summed E-state index contributed by atoms with van der Waals surface area (Å²) in [4.78, 5) is 16.8. The third kappa shape index (κ3) is 3.09. The Morgan fingerprint density at radius 2 is 2.00 bits per heavy atom. The number of aromatic hydroxyl groups is 1. The van der Waals surface area contributed by atoms with E-state index in [0.29, 0.717) is 15.8 Å². The summed E-state index contributed by atoms with van der Waals surface area (Å²) in [5.74, 6) is 0.0796. The highest BCUT2D eigenvalue weighted by molar-refractivity contribution is 7.21. The number of carbonyl (C=O) groups excluding carboxylic acids is 1. The lowest BCUT2D eigenvalue weighted by atomic mass is 10.3. The van der Waals surface area contributed by atoms with Crippen LogP contribution in [0.5, 0.6) is 5.75 Å². The summed E-state index contributed by atoms with van der Waals surface area (Å²) in [5.41, 5.74) is 1.10. The first-order chi connectivity index (χ1) is 12.1. The fourth-order valence-electron chi connectivity index (χ4n) is 2.34. The predicted octanol–water partition coefficient (Wildman–Crippen LogP) is 5.17. The van der Waals surface area contributed by atoms with Crippen molar-refractivity contribution in [2.24, 2.45) is 0 Å². The maximum Gasteiger partial charge on any atom is 0.291 e. The molecule has 1 amide bonds. The molecule has 0 atom stereocenters. The second-order valence-electron chi connectivity index (χ2n) is 5.27. The number of rotatable bonds is 3. The van der Waals surface area contributed by atoms with E-state index in [1.54, 1.807) is 12.1 Å². The number of phenolic OH excluding ortho intramolecular Hbond substituents is 1. The summed E-state index contributed by atoms with van der Waals surface area (Å²) in [5, 5.41) is 13.5. The molecule has 25 heavy (non-hydrogen) atoms. The zero-order valence-electron chi connectivity index (χ0n) is 12.7. The van der Waals surface area contributed by atoms with E-state index in [1.807, 2.05) is 24.3 Å². The van der Waals surface area contributed by atoms with Crippen molar-refractivity contribution in [2.75, 3.05) is 5.32 Å². The number of amides is 1. The highest BCUT2D eigenvalue weighted by Gasteiger charge is 2.16. The van der Waals surface area contributed by atoms with Gasteiger partial charge in [-0.05, 0) is 42.5 Å². The van der Waals surface area contributed by atoms with Crippen LogP contribution in [0.15, 0.2) is 59.0 Å². The second-order valence-corrected chi connectivity index (χ2v) is 6.73. The van der Waals surface area contributed by atoms with E-state index in [-0.39, 0.29) is 17.2 Å². The molecule has 0 spiro atoms. The van der Waals surface area contributed by atoms with E-state index < -0.39 is 5.91 Å². The Hall–Kier alpha value is -2.83. The highest BCUT2D eigenvalue weighted by atomic mass is 35.5. The summed E-state index contributed by atoms with van der Waals surface area (Å²) in [6, 6.07) is 15.4. The van der Waals surface area contributed by atoms with Crippen molar-refractivity contribution in [2.45, 2.75) is 0 Å². The van der Waals surface area contributed by atoms with Crippen LogP contribution < -0.4 is 5.32 Å². The minimum Gasteiger partial charge on any atom is -0.506 e. The van der Waals surface area contributed by atoms with Gasteiger partial charge in [-0.15, -0.1) is 11.3 Å². The molecular formula is C18H11ClN2O3S. The fourth-order valence-corrected chi connectivity index (χ4v) is 3.44. The van der Waals surface area contributed by atoms with Gasteiger partial charge < -0.3 is 14.8 Å². The van der Waals surface area contributed by atoms with Gasteiger partial charge in [0.1, 0.15) is 5.75 Å². The van der Waals surface area contributed by atoms with Gasteiger partial charge in [0.2, 0.25) is 0 Å². The molecule has 0 aliphatic rings. The number of fused-ring (bicyclic) bond motifs is 1. The smallest absolute Gasteiger partial charge is 0.291 e. The van der Waals surface area contributed by atoms with E-state index in [1.165, 1.54) is 29.5 Å². The molecule has 124 valence electrons. The van der Waals surface area contributed by atoms with Crippen molar-refractivity contribution in [3.05, 3.63) is 65.4 Å². The molecule has 2 aromatic carbocycles. The molecule has 5 nitrogen and oxygen atoms in total. The Morgan fingerprint density at radius 3 is 2.84 bits per heavy atom. The van der Waals surface area contributed by atoms with Gasteiger partial charge in [-0.1, -0.05) is 23.7 Å². The van der Waals surface area contributed by atoms with E-state index in [0.717, 1.165) is 10.2 Å². The van der Waals surface area contributed by atoms with Crippen molar-refractivity contribution in [1.82, 2.24) is 4.98 Å². The number of carbonyl (C=O) groups is 1. The molecule has 0 bridgehead atoms. The molecule has 0 saturated heterocycles. The van der Waals surface area contributed by atoms with Gasteiger partial charge in [0.15, 0.2) is 16.5 Å². The number of furan rings is 1. The quantitative estimate of drug-likeness (QED) is 0.488. The van der Waals surface area contributed by atoms with Gasteiger partial charge in [0, 0.05) is 5.02 Å². The zero-order valence-corrected chi connectivity index (χ0v) is 14.3. The van der Waals surface area contributed by atoms with Crippen molar-refractivity contribution in [1.29, 1.82) is 0 Å². The van der Waals surface area contributed by atoms with Crippen molar-refractivity contribution < 1.29 is 14.3 Å². The third-order valence-corrected chi connectivity index (χ3v) is 4.83. The van der Waals surface area contributed by atoms with Crippen molar-refractivity contribution in [3.8, 4) is 16.5 Å².